The summed E-state index contributed by atoms with van der Waals surface area (Å²) in [6.45, 7) is 0.210. The van der Waals surface area contributed by atoms with Crippen LogP contribution in [0.4, 0.5) is 0 Å². The topological polar surface area (TPSA) is 78.8 Å². The van der Waals surface area contributed by atoms with Gasteiger partial charge in [0.1, 0.15) is 0 Å². The summed E-state index contributed by atoms with van der Waals surface area (Å²) in [6, 6.07) is -0.648. The average molecular weight is 313 g/mol. The number of nitroso groups, excluding NO2 is 1. The predicted molar refractivity (Wildman–Crippen MR) is 42.3 cm³/mol. The molecular weight excluding hydrogens is 303 g/mol. The molecule has 2 aliphatic rings. The van der Waals surface area contributed by atoms with Crippen molar-refractivity contribution in [1.29, 1.82) is 0 Å². The fourth-order valence-electron chi connectivity index (χ4n) is 1.56. The van der Waals surface area contributed by atoms with Gasteiger partial charge in [0.05, 0.1) is 0 Å². The standard InChI is InChI=1S/C7H10IN2O4/c11-7-1-5(9-12)6(14-7)2-10(13)3-8-4-10/h5-6H,1-4H2/q-1/t5-,6+/m0/s1. The van der Waals surface area contributed by atoms with Gasteiger partial charge in [0.15, 0.2) is 0 Å². The van der Waals surface area contributed by atoms with Gasteiger partial charge >= 0.3 is 90.9 Å². The van der Waals surface area contributed by atoms with E-state index in [9.17, 15) is 14.9 Å². The van der Waals surface area contributed by atoms with E-state index in [1.165, 1.54) is 0 Å². The van der Waals surface area contributed by atoms with Gasteiger partial charge in [-0.05, 0) is 0 Å². The van der Waals surface area contributed by atoms with Crippen molar-refractivity contribution in [3.8, 4) is 0 Å². The molecule has 0 bridgehead atoms. The van der Waals surface area contributed by atoms with Gasteiger partial charge in [-0.15, -0.1) is 0 Å². The molecule has 0 unspecified atom stereocenters. The molecule has 0 N–H and O–H groups in total. The van der Waals surface area contributed by atoms with E-state index in [0.29, 0.717) is 9.10 Å². The summed E-state index contributed by atoms with van der Waals surface area (Å²) in [6.07, 6.45) is -0.551. The van der Waals surface area contributed by atoms with Crippen LogP contribution >= 0.6 is 0 Å². The predicted octanol–water partition coefficient (Wildman–Crippen LogP) is -3.23. The third-order valence-corrected chi connectivity index (χ3v) is 5.79. The van der Waals surface area contributed by atoms with Gasteiger partial charge in [-0.25, -0.2) is 0 Å². The maximum absolute atomic E-state index is 11.7. The monoisotopic (exact) mass is 313 g/mol. The van der Waals surface area contributed by atoms with Gasteiger partial charge in [-0.2, -0.15) is 0 Å². The van der Waals surface area contributed by atoms with Crippen LogP contribution in [-0.4, -0.2) is 38.4 Å². The molecule has 2 rings (SSSR count). The molecule has 2 fully saturated rings. The molecule has 14 heavy (non-hydrogen) atoms. The van der Waals surface area contributed by atoms with Crippen LogP contribution in [0.25, 0.3) is 0 Å². The molecule has 6 nitrogen and oxygen atoms in total. The minimum atomic E-state index is -0.648. The Morgan fingerprint density at radius 3 is 2.86 bits per heavy atom. The van der Waals surface area contributed by atoms with E-state index in [1.54, 1.807) is 0 Å². The fourth-order valence-corrected chi connectivity index (χ4v) is 3.68. The van der Waals surface area contributed by atoms with Crippen molar-refractivity contribution in [3.63, 3.8) is 0 Å². The van der Waals surface area contributed by atoms with Gasteiger partial charge in [0.25, 0.3) is 0 Å². The third kappa shape index (κ3) is 1.89. The molecule has 80 valence electrons. The zero-order chi connectivity index (χ0) is 10.2. The number of ether oxygens (including phenoxy) is 1. The van der Waals surface area contributed by atoms with E-state index in [1.807, 2.05) is 0 Å². The first kappa shape index (κ1) is 10.2. The number of hydroxylamine groups is 3. The van der Waals surface area contributed by atoms with E-state index in [4.69, 9.17) is 4.74 Å². The SMILES string of the molecule is O=N[C@H]1CC(=O)O[C@@H]1C[N+]1([O-])C[I-]C1. The van der Waals surface area contributed by atoms with Crippen LogP contribution < -0.4 is 21.2 Å². The molecule has 0 amide bonds. The zero-order valence-corrected chi connectivity index (χ0v) is 9.55. The number of rotatable bonds is 3. The number of alkyl halides is 2. The van der Waals surface area contributed by atoms with E-state index < -0.39 is 18.1 Å². The van der Waals surface area contributed by atoms with Crippen molar-refractivity contribution in [2.45, 2.75) is 18.6 Å². The summed E-state index contributed by atoms with van der Waals surface area (Å²) < 4.78 is 5.94. The first-order chi connectivity index (χ1) is 6.63. The van der Waals surface area contributed by atoms with Crippen LogP contribution in [0.5, 0.6) is 0 Å². The summed E-state index contributed by atoms with van der Waals surface area (Å²) in [4.78, 5) is 21.3. The molecule has 7 heteroatoms. The minimum absolute atomic E-state index is 0.0310. The first-order valence-electron chi connectivity index (χ1n) is 4.25. The normalized spacial score (nSPS) is 35.4. The molecule has 0 aliphatic carbocycles. The van der Waals surface area contributed by atoms with Gasteiger partial charge in [-0.1, -0.05) is 0 Å². The number of esters is 1. The summed E-state index contributed by atoms with van der Waals surface area (Å²) in [7, 11) is 0. The summed E-state index contributed by atoms with van der Waals surface area (Å²) in [5.41, 5.74) is 0. The Bertz CT molecular complexity index is 268. The van der Waals surface area contributed by atoms with Crippen molar-refractivity contribution in [1.82, 2.24) is 0 Å². The van der Waals surface area contributed by atoms with Gasteiger partial charge in [-0.3, -0.25) is 0 Å². The summed E-state index contributed by atoms with van der Waals surface area (Å²) in [5.74, 6) is -0.415. The van der Waals surface area contributed by atoms with Crippen LogP contribution in [-0.2, 0) is 9.53 Å². The van der Waals surface area contributed by atoms with Crippen LogP contribution in [0.2, 0.25) is 0 Å². The van der Waals surface area contributed by atoms with Crippen molar-refractivity contribution in [3.05, 3.63) is 10.1 Å². The number of carbonyl (C=O) groups is 1. The van der Waals surface area contributed by atoms with E-state index >= 15 is 0 Å². The molecule has 0 aromatic rings. The number of hydrogen-bond donors (Lipinski definition) is 0. The Labute approximate surface area is 91.0 Å². The van der Waals surface area contributed by atoms with Gasteiger partial charge in [0.2, 0.25) is 0 Å². The van der Waals surface area contributed by atoms with E-state index in [0.717, 1.165) is 0 Å². The molecule has 0 aromatic carbocycles. The zero-order valence-electron chi connectivity index (χ0n) is 7.39. The molecule has 0 saturated carbocycles. The molecule has 2 heterocycles. The summed E-state index contributed by atoms with van der Waals surface area (Å²) >= 11 is 0.0595. The second kappa shape index (κ2) is 3.70. The quantitative estimate of drug-likeness (QED) is 0.104. The Morgan fingerprint density at radius 1 is 1.64 bits per heavy atom. The molecule has 0 aromatic heterocycles. The second-order valence-corrected chi connectivity index (χ2v) is 6.02. The third-order valence-electron chi connectivity index (χ3n) is 2.34. The fraction of sp³-hybridized carbons (Fsp3) is 0.857. The van der Waals surface area contributed by atoms with Crippen LogP contribution in [0.15, 0.2) is 5.18 Å². The maximum atomic E-state index is 11.7. The Morgan fingerprint density at radius 2 is 2.36 bits per heavy atom. The molecule has 2 aliphatic heterocycles. The molecule has 2 atom stereocenters. The van der Waals surface area contributed by atoms with E-state index in [-0.39, 0.29) is 38.8 Å². The Hall–Kier alpha value is -0.280. The van der Waals surface area contributed by atoms with Gasteiger partial charge < -0.3 is 0 Å². The van der Waals surface area contributed by atoms with E-state index in [2.05, 4.69) is 5.18 Å². The molecule has 2 saturated heterocycles. The van der Waals surface area contributed by atoms with Gasteiger partial charge in [0, 0.05) is 0 Å². The van der Waals surface area contributed by atoms with Crippen LogP contribution in [0.3, 0.4) is 0 Å². The number of nitrogens with zero attached hydrogens (tertiary/aromatic N) is 2. The first-order valence-corrected chi connectivity index (χ1v) is 7.31. The Balaban J connectivity index is 1.96. The number of carbonyl (C=O) groups excluding carboxylic acids is 1. The van der Waals surface area contributed by atoms with Crippen molar-refractivity contribution >= 4 is 5.97 Å². The number of cyclic esters (lactones) is 1. The molecule has 0 spiro atoms. The van der Waals surface area contributed by atoms with Crippen LogP contribution in [0.1, 0.15) is 6.42 Å². The molecular formula is C7H10IN2O4-. The summed E-state index contributed by atoms with van der Waals surface area (Å²) in [5, 5.41) is 14.5. The number of hydrogen-bond acceptors (Lipinski definition) is 5. The second-order valence-electron chi connectivity index (χ2n) is 3.57. The van der Waals surface area contributed by atoms with Crippen molar-refractivity contribution < 1.29 is 35.4 Å². The number of quaternary nitrogens is 1. The Kier molecular flexibility index (Phi) is 2.71. The number of halogens is 1. The average Bonchev–Trinajstić information content (AvgIpc) is 2.43. The van der Waals surface area contributed by atoms with Crippen molar-refractivity contribution in [2.24, 2.45) is 5.18 Å². The van der Waals surface area contributed by atoms with Crippen molar-refractivity contribution in [2.75, 3.05) is 15.6 Å². The molecule has 0 radical (unpaired) electrons. The van der Waals surface area contributed by atoms with Crippen LogP contribution in [0, 0.1) is 10.1 Å².